The van der Waals surface area contributed by atoms with E-state index in [1.807, 2.05) is 12.3 Å². The molecule has 0 aromatic carbocycles. The third-order valence-corrected chi connectivity index (χ3v) is 4.06. The van der Waals surface area contributed by atoms with E-state index in [1.165, 1.54) is 45.2 Å². The van der Waals surface area contributed by atoms with Gasteiger partial charge in [-0.3, -0.25) is 0 Å². The van der Waals surface area contributed by atoms with Crippen molar-refractivity contribution >= 4 is 5.82 Å². The summed E-state index contributed by atoms with van der Waals surface area (Å²) < 4.78 is 0. The van der Waals surface area contributed by atoms with Gasteiger partial charge in [0.25, 0.3) is 0 Å². The molecule has 2 saturated heterocycles. The fourth-order valence-electron chi connectivity index (χ4n) is 3.22. The van der Waals surface area contributed by atoms with Crippen LogP contribution < -0.4 is 10.2 Å². The van der Waals surface area contributed by atoms with Crippen LogP contribution in [0.3, 0.4) is 0 Å². The Morgan fingerprint density at radius 1 is 1.18 bits per heavy atom. The Balaban J connectivity index is 1.80. The predicted octanol–water partition coefficient (Wildman–Crippen LogP) is 2.19. The highest BCUT2D eigenvalue weighted by Gasteiger charge is 2.31. The van der Waals surface area contributed by atoms with E-state index < -0.39 is 0 Å². The van der Waals surface area contributed by atoms with E-state index in [4.69, 9.17) is 0 Å². The summed E-state index contributed by atoms with van der Waals surface area (Å²) in [6.07, 6.45) is 8.55. The Labute approximate surface area is 103 Å². The average Bonchev–Trinajstić information content (AvgIpc) is 2.94. The van der Waals surface area contributed by atoms with E-state index >= 15 is 0 Å². The first-order valence-electron chi connectivity index (χ1n) is 6.86. The van der Waals surface area contributed by atoms with Gasteiger partial charge in [0.2, 0.25) is 0 Å². The van der Waals surface area contributed by atoms with Crippen LogP contribution in [0.2, 0.25) is 0 Å². The van der Waals surface area contributed by atoms with Crippen molar-refractivity contribution in [3.63, 3.8) is 0 Å². The Bertz CT molecular complexity index is 346. The zero-order chi connectivity index (χ0) is 11.5. The van der Waals surface area contributed by atoms with Crippen molar-refractivity contribution < 1.29 is 0 Å². The Kier molecular flexibility index (Phi) is 3.27. The molecule has 2 fully saturated rings. The minimum atomic E-state index is 0.654. The molecule has 3 nitrogen and oxygen atoms in total. The van der Waals surface area contributed by atoms with Crippen LogP contribution in [0.4, 0.5) is 5.82 Å². The van der Waals surface area contributed by atoms with Crippen molar-refractivity contribution in [1.29, 1.82) is 0 Å². The summed E-state index contributed by atoms with van der Waals surface area (Å²) in [6, 6.07) is 7.57. The second-order valence-electron chi connectivity index (χ2n) is 5.15. The summed E-state index contributed by atoms with van der Waals surface area (Å²) in [5.74, 6) is 1.16. The van der Waals surface area contributed by atoms with Crippen LogP contribution in [-0.2, 0) is 0 Å². The highest BCUT2D eigenvalue weighted by molar-refractivity contribution is 5.40. The summed E-state index contributed by atoms with van der Waals surface area (Å²) >= 11 is 0. The number of hydrogen-bond donors (Lipinski definition) is 1. The maximum atomic E-state index is 4.52. The zero-order valence-corrected chi connectivity index (χ0v) is 10.3. The third kappa shape index (κ3) is 2.29. The molecule has 0 radical (unpaired) electrons. The summed E-state index contributed by atoms with van der Waals surface area (Å²) in [5, 5.41) is 3.66. The first-order chi connectivity index (χ1) is 8.45. The van der Waals surface area contributed by atoms with Gasteiger partial charge in [-0.2, -0.15) is 0 Å². The van der Waals surface area contributed by atoms with Crippen molar-refractivity contribution in [3.05, 3.63) is 24.4 Å². The number of aromatic nitrogens is 1. The van der Waals surface area contributed by atoms with Crippen LogP contribution in [0.25, 0.3) is 0 Å². The Hall–Kier alpha value is -1.09. The molecule has 2 unspecified atom stereocenters. The Morgan fingerprint density at radius 3 is 2.94 bits per heavy atom. The van der Waals surface area contributed by atoms with Crippen LogP contribution in [-0.4, -0.2) is 30.2 Å². The second-order valence-corrected chi connectivity index (χ2v) is 5.15. The topological polar surface area (TPSA) is 28.2 Å². The van der Waals surface area contributed by atoms with Gasteiger partial charge >= 0.3 is 0 Å². The molecular weight excluding hydrogens is 210 g/mol. The molecule has 92 valence electrons. The van der Waals surface area contributed by atoms with Crippen molar-refractivity contribution in [2.45, 2.75) is 44.2 Å². The molecule has 0 aliphatic carbocycles. The van der Waals surface area contributed by atoms with Gasteiger partial charge in [-0.05, 0) is 50.8 Å². The van der Waals surface area contributed by atoms with E-state index in [0.717, 1.165) is 5.82 Å². The van der Waals surface area contributed by atoms with Gasteiger partial charge in [0.1, 0.15) is 5.82 Å². The maximum absolute atomic E-state index is 4.52. The standard InChI is InChI=1S/C14H21N3/c1-3-9-16-14(8-1)17-11-4-2-7-13(17)12-6-5-10-15-12/h1,3,8-9,12-13,15H,2,4-7,10-11H2. The fourth-order valence-corrected chi connectivity index (χ4v) is 3.22. The summed E-state index contributed by atoms with van der Waals surface area (Å²) in [7, 11) is 0. The van der Waals surface area contributed by atoms with Gasteiger partial charge in [-0.1, -0.05) is 6.07 Å². The minimum Gasteiger partial charge on any atom is -0.352 e. The van der Waals surface area contributed by atoms with Crippen LogP contribution >= 0.6 is 0 Å². The van der Waals surface area contributed by atoms with Crippen LogP contribution in [0.5, 0.6) is 0 Å². The van der Waals surface area contributed by atoms with E-state index in [2.05, 4.69) is 27.3 Å². The quantitative estimate of drug-likeness (QED) is 0.845. The van der Waals surface area contributed by atoms with Crippen molar-refractivity contribution in [2.24, 2.45) is 0 Å². The van der Waals surface area contributed by atoms with Crippen LogP contribution in [0, 0.1) is 0 Å². The third-order valence-electron chi connectivity index (χ3n) is 4.06. The molecule has 3 heteroatoms. The molecule has 0 saturated carbocycles. The molecular formula is C14H21N3. The van der Waals surface area contributed by atoms with Gasteiger partial charge in [0.15, 0.2) is 0 Å². The van der Waals surface area contributed by atoms with E-state index in [0.29, 0.717) is 12.1 Å². The first kappa shape index (κ1) is 11.0. The number of piperidine rings is 1. The second kappa shape index (κ2) is 5.05. The van der Waals surface area contributed by atoms with E-state index in [-0.39, 0.29) is 0 Å². The number of anilines is 1. The van der Waals surface area contributed by atoms with Crippen molar-refractivity contribution in [2.75, 3.05) is 18.0 Å². The molecule has 0 spiro atoms. The lowest BCUT2D eigenvalue weighted by Crippen LogP contribution is -2.50. The molecule has 1 aromatic heterocycles. The van der Waals surface area contributed by atoms with Crippen molar-refractivity contribution in [3.8, 4) is 0 Å². The molecule has 3 rings (SSSR count). The summed E-state index contributed by atoms with van der Waals surface area (Å²) in [5.41, 5.74) is 0. The van der Waals surface area contributed by atoms with E-state index in [1.54, 1.807) is 0 Å². The molecule has 1 N–H and O–H groups in total. The lowest BCUT2D eigenvalue weighted by Gasteiger charge is -2.40. The zero-order valence-electron chi connectivity index (χ0n) is 10.3. The lowest BCUT2D eigenvalue weighted by molar-refractivity contribution is 0.376. The molecule has 3 heterocycles. The minimum absolute atomic E-state index is 0.654. The molecule has 2 atom stereocenters. The number of nitrogens with zero attached hydrogens (tertiary/aromatic N) is 2. The molecule has 2 aliphatic rings. The molecule has 17 heavy (non-hydrogen) atoms. The predicted molar refractivity (Wildman–Crippen MR) is 70.2 cm³/mol. The van der Waals surface area contributed by atoms with Gasteiger partial charge in [-0.25, -0.2) is 4.98 Å². The first-order valence-corrected chi connectivity index (χ1v) is 6.86. The number of pyridine rings is 1. The number of rotatable bonds is 2. The highest BCUT2D eigenvalue weighted by Crippen LogP contribution is 2.27. The lowest BCUT2D eigenvalue weighted by atomic mass is 9.94. The maximum Gasteiger partial charge on any atom is 0.128 e. The van der Waals surface area contributed by atoms with Gasteiger partial charge < -0.3 is 10.2 Å². The van der Waals surface area contributed by atoms with Gasteiger partial charge in [0.05, 0.1) is 0 Å². The summed E-state index contributed by atoms with van der Waals surface area (Å²) in [4.78, 5) is 7.04. The Morgan fingerprint density at radius 2 is 2.18 bits per heavy atom. The van der Waals surface area contributed by atoms with Crippen molar-refractivity contribution in [1.82, 2.24) is 10.3 Å². The van der Waals surface area contributed by atoms with E-state index in [9.17, 15) is 0 Å². The number of hydrogen-bond acceptors (Lipinski definition) is 3. The molecule has 0 bridgehead atoms. The SMILES string of the molecule is c1ccc(N2CCCCC2C2CCCN2)nc1. The van der Waals surface area contributed by atoms with Gasteiger partial charge in [-0.15, -0.1) is 0 Å². The van der Waals surface area contributed by atoms with Crippen LogP contribution in [0.1, 0.15) is 32.1 Å². The molecule has 2 aliphatic heterocycles. The average molecular weight is 231 g/mol. The van der Waals surface area contributed by atoms with Crippen LogP contribution in [0.15, 0.2) is 24.4 Å². The molecule has 1 aromatic rings. The summed E-state index contributed by atoms with van der Waals surface area (Å²) in [6.45, 7) is 2.36. The molecule has 0 amide bonds. The largest absolute Gasteiger partial charge is 0.352 e. The number of nitrogens with one attached hydrogen (secondary N) is 1. The highest BCUT2D eigenvalue weighted by atomic mass is 15.2. The fraction of sp³-hybridized carbons (Fsp3) is 0.643. The van der Waals surface area contributed by atoms with Gasteiger partial charge in [0, 0.05) is 24.8 Å². The smallest absolute Gasteiger partial charge is 0.128 e. The normalized spacial score (nSPS) is 29.5. The monoisotopic (exact) mass is 231 g/mol.